The lowest BCUT2D eigenvalue weighted by molar-refractivity contribution is 0.0697. The van der Waals surface area contributed by atoms with Gasteiger partial charge < -0.3 is 10.0 Å². The van der Waals surface area contributed by atoms with Gasteiger partial charge in [0.1, 0.15) is 11.4 Å². The number of piperidine rings is 1. The third-order valence-electron chi connectivity index (χ3n) is 2.97. The van der Waals surface area contributed by atoms with Crippen molar-refractivity contribution in [1.29, 1.82) is 0 Å². The van der Waals surface area contributed by atoms with Gasteiger partial charge in [0.15, 0.2) is 0 Å². The summed E-state index contributed by atoms with van der Waals surface area (Å²) in [6.07, 6.45) is 3.98. The predicted octanol–water partition coefficient (Wildman–Crippen LogP) is 2.02. The molecule has 1 aromatic rings. The number of hydrogen-bond acceptors (Lipinski definition) is 3. The summed E-state index contributed by atoms with van der Waals surface area (Å²) >= 11 is 0. The van der Waals surface area contributed by atoms with Gasteiger partial charge in [0.2, 0.25) is 0 Å². The maximum atomic E-state index is 11.1. The summed E-state index contributed by atoms with van der Waals surface area (Å²) in [6.45, 7) is 3.99. The molecule has 16 heavy (non-hydrogen) atoms. The molecule has 1 atom stereocenters. The van der Waals surface area contributed by atoms with Gasteiger partial charge in [-0.1, -0.05) is 6.92 Å². The molecule has 86 valence electrons. The number of carbonyl (C=O) groups is 1. The maximum absolute atomic E-state index is 11.1. The summed E-state index contributed by atoms with van der Waals surface area (Å²) in [5.74, 6) is 0.320. The quantitative estimate of drug-likeness (QED) is 0.828. The molecule has 2 rings (SSSR count). The Hall–Kier alpha value is -1.58. The number of pyridine rings is 1. The number of carboxylic acid groups (broad SMARTS) is 1. The average molecular weight is 220 g/mol. The lowest BCUT2D eigenvalue weighted by Gasteiger charge is -2.32. The number of nitrogens with zero attached hydrogens (tertiary/aromatic N) is 2. The van der Waals surface area contributed by atoms with E-state index in [1.807, 2.05) is 0 Å². The second-order valence-electron chi connectivity index (χ2n) is 4.37. The zero-order chi connectivity index (χ0) is 11.5. The van der Waals surface area contributed by atoms with Crippen LogP contribution in [0, 0.1) is 5.92 Å². The third kappa shape index (κ3) is 2.15. The zero-order valence-corrected chi connectivity index (χ0v) is 9.39. The standard InChI is InChI=1S/C12H16N2O2/c1-9-4-3-7-14(8-9)11-10(12(15)16)5-2-6-13-11/h2,5-6,9H,3-4,7-8H2,1H3,(H,15,16)/t9-/m0/s1. The fourth-order valence-electron chi connectivity index (χ4n) is 2.20. The summed E-state index contributed by atoms with van der Waals surface area (Å²) < 4.78 is 0. The molecule has 0 aliphatic carbocycles. The fourth-order valence-corrected chi connectivity index (χ4v) is 2.20. The number of aromatic carboxylic acids is 1. The van der Waals surface area contributed by atoms with Crippen molar-refractivity contribution >= 4 is 11.8 Å². The highest BCUT2D eigenvalue weighted by molar-refractivity contribution is 5.93. The summed E-state index contributed by atoms with van der Waals surface area (Å²) in [5.41, 5.74) is 0.302. The number of hydrogen-bond donors (Lipinski definition) is 1. The molecule has 1 fully saturated rings. The average Bonchev–Trinajstić information content (AvgIpc) is 2.29. The van der Waals surface area contributed by atoms with Gasteiger partial charge in [-0.3, -0.25) is 0 Å². The van der Waals surface area contributed by atoms with Crippen LogP contribution in [0.25, 0.3) is 0 Å². The van der Waals surface area contributed by atoms with E-state index >= 15 is 0 Å². The molecule has 0 radical (unpaired) electrons. The van der Waals surface area contributed by atoms with Crippen LogP contribution >= 0.6 is 0 Å². The largest absolute Gasteiger partial charge is 0.478 e. The first-order valence-corrected chi connectivity index (χ1v) is 5.61. The van der Waals surface area contributed by atoms with Gasteiger partial charge in [0.05, 0.1) is 0 Å². The zero-order valence-electron chi connectivity index (χ0n) is 9.39. The van der Waals surface area contributed by atoms with Crippen LogP contribution in [0.2, 0.25) is 0 Å². The van der Waals surface area contributed by atoms with Crippen LogP contribution in [0.4, 0.5) is 5.82 Å². The smallest absolute Gasteiger partial charge is 0.339 e. The van der Waals surface area contributed by atoms with Crippen molar-refractivity contribution in [3.8, 4) is 0 Å². The minimum absolute atomic E-state index is 0.302. The summed E-state index contributed by atoms with van der Waals surface area (Å²) in [4.78, 5) is 17.4. The molecule has 2 heterocycles. The van der Waals surface area contributed by atoms with E-state index < -0.39 is 5.97 Å². The normalized spacial score (nSPS) is 20.8. The molecule has 1 N–H and O–H groups in total. The van der Waals surface area contributed by atoms with E-state index in [0.29, 0.717) is 17.3 Å². The molecule has 4 nitrogen and oxygen atoms in total. The van der Waals surface area contributed by atoms with E-state index in [0.717, 1.165) is 19.5 Å². The first-order chi connectivity index (χ1) is 7.68. The highest BCUT2D eigenvalue weighted by Gasteiger charge is 2.21. The van der Waals surface area contributed by atoms with Crippen molar-refractivity contribution in [2.24, 2.45) is 5.92 Å². The van der Waals surface area contributed by atoms with Crippen molar-refractivity contribution < 1.29 is 9.90 Å². The Bertz CT molecular complexity index is 392. The van der Waals surface area contributed by atoms with Gasteiger partial charge >= 0.3 is 5.97 Å². The molecule has 0 bridgehead atoms. The minimum atomic E-state index is -0.902. The first-order valence-electron chi connectivity index (χ1n) is 5.61. The molecule has 1 aliphatic rings. The van der Waals surface area contributed by atoms with E-state index in [-0.39, 0.29) is 0 Å². The van der Waals surface area contributed by atoms with Crippen molar-refractivity contribution in [3.63, 3.8) is 0 Å². The van der Waals surface area contributed by atoms with Crippen LogP contribution < -0.4 is 4.90 Å². The molecule has 0 unspecified atom stereocenters. The molecule has 4 heteroatoms. The Morgan fingerprint density at radius 2 is 2.44 bits per heavy atom. The van der Waals surface area contributed by atoms with Crippen LogP contribution in [0.3, 0.4) is 0 Å². The highest BCUT2D eigenvalue weighted by Crippen LogP contribution is 2.23. The number of anilines is 1. The van der Waals surface area contributed by atoms with Crippen LogP contribution in [0.1, 0.15) is 30.1 Å². The van der Waals surface area contributed by atoms with Gasteiger partial charge in [0, 0.05) is 19.3 Å². The van der Waals surface area contributed by atoms with Crippen LogP contribution in [0.15, 0.2) is 18.3 Å². The lowest BCUT2D eigenvalue weighted by Crippen LogP contribution is -2.35. The Kier molecular flexibility index (Phi) is 3.08. The topological polar surface area (TPSA) is 53.4 Å². The fraction of sp³-hybridized carbons (Fsp3) is 0.500. The molecule has 1 aromatic heterocycles. The molecule has 1 saturated heterocycles. The van der Waals surface area contributed by atoms with Crippen LogP contribution in [-0.4, -0.2) is 29.1 Å². The van der Waals surface area contributed by atoms with Crippen molar-refractivity contribution in [2.45, 2.75) is 19.8 Å². The van der Waals surface area contributed by atoms with Crippen molar-refractivity contribution in [1.82, 2.24) is 4.98 Å². The monoisotopic (exact) mass is 220 g/mol. The number of rotatable bonds is 2. The van der Waals surface area contributed by atoms with Gasteiger partial charge in [-0.05, 0) is 30.9 Å². The van der Waals surface area contributed by atoms with E-state index in [1.54, 1.807) is 18.3 Å². The van der Waals surface area contributed by atoms with E-state index in [9.17, 15) is 4.79 Å². The van der Waals surface area contributed by atoms with Gasteiger partial charge in [-0.15, -0.1) is 0 Å². The maximum Gasteiger partial charge on any atom is 0.339 e. The van der Waals surface area contributed by atoms with Crippen molar-refractivity contribution in [2.75, 3.05) is 18.0 Å². The Labute approximate surface area is 94.9 Å². The third-order valence-corrected chi connectivity index (χ3v) is 2.97. The lowest BCUT2D eigenvalue weighted by atomic mass is 10.00. The predicted molar refractivity (Wildman–Crippen MR) is 61.8 cm³/mol. The van der Waals surface area contributed by atoms with Gasteiger partial charge in [0.25, 0.3) is 0 Å². The second kappa shape index (κ2) is 4.51. The van der Waals surface area contributed by atoms with Gasteiger partial charge in [-0.25, -0.2) is 9.78 Å². The molecular formula is C12H16N2O2. The van der Waals surface area contributed by atoms with E-state index in [2.05, 4.69) is 16.8 Å². The van der Waals surface area contributed by atoms with E-state index in [1.165, 1.54) is 6.42 Å². The van der Waals surface area contributed by atoms with E-state index in [4.69, 9.17) is 5.11 Å². The molecule has 1 aliphatic heterocycles. The molecule has 0 amide bonds. The van der Waals surface area contributed by atoms with Gasteiger partial charge in [-0.2, -0.15) is 0 Å². The van der Waals surface area contributed by atoms with Crippen LogP contribution in [-0.2, 0) is 0 Å². The Morgan fingerprint density at radius 1 is 1.62 bits per heavy atom. The summed E-state index contributed by atoms with van der Waals surface area (Å²) in [5, 5.41) is 9.10. The molecule has 0 saturated carbocycles. The van der Waals surface area contributed by atoms with Crippen LogP contribution in [0.5, 0.6) is 0 Å². The SMILES string of the molecule is C[C@H]1CCCN(c2ncccc2C(=O)O)C1. The minimum Gasteiger partial charge on any atom is -0.478 e. The molecule has 0 spiro atoms. The summed E-state index contributed by atoms with van der Waals surface area (Å²) in [6, 6.07) is 3.28. The Morgan fingerprint density at radius 3 is 3.12 bits per heavy atom. The number of carboxylic acids is 1. The summed E-state index contributed by atoms with van der Waals surface area (Å²) in [7, 11) is 0. The van der Waals surface area contributed by atoms with Crippen molar-refractivity contribution in [3.05, 3.63) is 23.9 Å². The Balaban J connectivity index is 2.28. The first kappa shape index (κ1) is 10.9. The number of aromatic nitrogens is 1. The second-order valence-corrected chi connectivity index (χ2v) is 4.37. The highest BCUT2D eigenvalue weighted by atomic mass is 16.4. The molecule has 0 aromatic carbocycles. The molecular weight excluding hydrogens is 204 g/mol.